The number of hydrogen-bond donors (Lipinski definition) is 0. The van der Waals surface area contributed by atoms with E-state index in [9.17, 15) is 4.79 Å². The molecule has 128 valence electrons. The number of hydrogen-bond acceptors (Lipinski definition) is 5. The van der Waals surface area contributed by atoms with Gasteiger partial charge in [0.15, 0.2) is 0 Å². The molecule has 4 heterocycles. The summed E-state index contributed by atoms with van der Waals surface area (Å²) >= 11 is 0. The summed E-state index contributed by atoms with van der Waals surface area (Å²) in [6, 6.07) is 0.0378. The molecule has 8 heteroatoms. The summed E-state index contributed by atoms with van der Waals surface area (Å²) in [4.78, 5) is 15.0. The van der Waals surface area contributed by atoms with Gasteiger partial charge in [-0.05, 0) is 27.2 Å². The number of fused-ring (bicyclic) bond motifs is 3. The first kappa shape index (κ1) is 15.3. The van der Waals surface area contributed by atoms with Crippen LogP contribution in [-0.2, 0) is 17.9 Å². The number of ether oxygens (including phenoxy) is 1. The van der Waals surface area contributed by atoms with Gasteiger partial charge in [0.2, 0.25) is 0 Å². The normalized spacial score (nSPS) is 23.0. The molecule has 2 atom stereocenters. The Labute approximate surface area is 140 Å². The summed E-state index contributed by atoms with van der Waals surface area (Å²) in [7, 11) is 0. The Bertz CT molecular complexity index is 780. The van der Waals surface area contributed by atoms with Crippen molar-refractivity contribution in [3.05, 3.63) is 28.8 Å². The van der Waals surface area contributed by atoms with Gasteiger partial charge in [-0.25, -0.2) is 4.68 Å². The third-order valence-electron chi connectivity index (χ3n) is 5.11. The summed E-state index contributed by atoms with van der Waals surface area (Å²) in [5, 5.41) is 12.6. The van der Waals surface area contributed by atoms with Gasteiger partial charge in [-0.1, -0.05) is 5.21 Å². The van der Waals surface area contributed by atoms with Crippen molar-refractivity contribution >= 4 is 5.91 Å². The molecule has 24 heavy (non-hydrogen) atoms. The Balaban J connectivity index is 1.61. The van der Waals surface area contributed by atoms with Gasteiger partial charge in [0.1, 0.15) is 0 Å². The van der Waals surface area contributed by atoms with Gasteiger partial charge >= 0.3 is 0 Å². The van der Waals surface area contributed by atoms with E-state index in [1.54, 1.807) is 6.20 Å². The molecule has 0 aromatic carbocycles. The van der Waals surface area contributed by atoms with Gasteiger partial charge < -0.3 is 9.64 Å². The Hall–Kier alpha value is -2.22. The van der Waals surface area contributed by atoms with Crippen LogP contribution in [0.1, 0.15) is 46.8 Å². The van der Waals surface area contributed by atoms with Crippen LogP contribution in [0, 0.1) is 13.8 Å². The Morgan fingerprint density at radius 1 is 1.42 bits per heavy atom. The van der Waals surface area contributed by atoms with Crippen LogP contribution in [0.3, 0.4) is 0 Å². The van der Waals surface area contributed by atoms with E-state index in [1.165, 1.54) is 0 Å². The SMILES string of the molecule is CCn1nc(C)c(C(=O)N2CC[C@@H]3OCc4cnnn4[C@@H]3C2)c1C. The molecule has 2 aliphatic heterocycles. The van der Waals surface area contributed by atoms with E-state index in [2.05, 4.69) is 15.4 Å². The number of carbonyl (C=O) groups is 1. The molecule has 0 radical (unpaired) electrons. The van der Waals surface area contributed by atoms with E-state index in [0.29, 0.717) is 19.7 Å². The van der Waals surface area contributed by atoms with Crippen LogP contribution in [0.5, 0.6) is 0 Å². The van der Waals surface area contributed by atoms with Crippen molar-refractivity contribution in [1.29, 1.82) is 0 Å². The fraction of sp³-hybridized carbons (Fsp3) is 0.625. The average molecular weight is 330 g/mol. The first-order valence-electron chi connectivity index (χ1n) is 8.44. The molecular formula is C16H22N6O2. The lowest BCUT2D eigenvalue weighted by molar-refractivity contribution is -0.0605. The van der Waals surface area contributed by atoms with Crippen molar-refractivity contribution in [1.82, 2.24) is 29.7 Å². The lowest BCUT2D eigenvalue weighted by atomic mass is 9.99. The Morgan fingerprint density at radius 2 is 2.25 bits per heavy atom. The molecule has 0 unspecified atom stereocenters. The van der Waals surface area contributed by atoms with E-state index >= 15 is 0 Å². The number of nitrogens with zero attached hydrogens (tertiary/aromatic N) is 6. The molecule has 0 saturated carbocycles. The van der Waals surface area contributed by atoms with Crippen LogP contribution in [0.4, 0.5) is 0 Å². The summed E-state index contributed by atoms with van der Waals surface area (Å²) in [6.07, 6.45) is 2.65. The van der Waals surface area contributed by atoms with Crippen molar-refractivity contribution in [2.75, 3.05) is 13.1 Å². The summed E-state index contributed by atoms with van der Waals surface area (Å²) in [5.41, 5.74) is 3.42. The second-order valence-electron chi connectivity index (χ2n) is 6.49. The smallest absolute Gasteiger partial charge is 0.257 e. The Kier molecular flexibility index (Phi) is 3.64. The largest absolute Gasteiger partial charge is 0.370 e. The zero-order valence-corrected chi connectivity index (χ0v) is 14.3. The minimum Gasteiger partial charge on any atom is -0.370 e. The van der Waals surface area contributed by atoms with Gasteiger partial charge in [0.25, 0.3) is 5.91 Å². The van der Waals surface area contributed by atoms with Crippen molar-refractivity contribution < 1.29 is 9.53 Å². The van der Waals surface area contributed by atoms with Gasteiger partial charge in [-0.15, -0.1) is 5.10 Å². The zero-order chi connectivity index (χ0) is 16.8. The first-order chi connectivity index (χ1) is 11.6. The number of piperidine rings is 1. The third-order valence-corrected chi connectivity index (χ3v) is 5.11. The van der Waals surface area contributed by atoms with E-state index < -0.39 is 0 Å². The molecule has 2 aromatic heterocycles. The summed E-state index contributed by atoms with van der Waals surface area (Å²) in [6.45, 7) is 8.49. The fourth-order valence-electron chi connectivity index (χ4n) is 3.84. The topological polar surface area (TPSA) is 78.1 Å². The van der Waals surface area contributed by atoms with E-state index in [1.807, 2.05) is 35.0 Å². The number of aryl methyl sites for hydroxylation is 2. The monoisotopic (exact) mass is 330 g/mol. The summed E-state index contributed by atoms with van der Waals surface area (Å²) in [5.74, 6) is 0.0513. The van der Waals surface area contributed by atoms with E-state index in [-0.39, 0.29) is 18.1 Å². The standard InChI is InChI=1S/C16H22N6O2/c1-4-21-11(3)15(10(2)18-21)16(23)20-6-5-14-13(8-20)22-12(9-24-14)7-17-19-22/h7,13-14H,4-6,8-9H2,1-3H3/t13-,14+/m1/s1. The molecule has 2 aromatic rings. The van der Waals surface area contributed by atoms with Crippen LogP contribution < -0.4 is 0 Å². The molecule has 1 fully saturated rings. The predicted octanol–water partition coefficient (Wildman–Crippen LogP) is 1.10. The zero-order valence-electron chi connectivity index (χ0n) is 14.3. The molecule has 2 aliphatic rings. The fourth-order valence-corrected chi connectivity index (χ4v) is 3.84. The third kappa shape index (κ3) is 2.24. The molecule has 0 N–H and O–H groups in total. The van der Waals surface area contributed by atoms with Gasteiger partial charge in [0.05, 0.1) is 41.9 Å². The maximum absolute atomic E-state index is 13.1. The number of likely N-dealkylation sites (tertiary alicyclic amines) is 1. The van der Waals surface area contributed by atoms with Gasteiger partial charge in [0, 0.05) is 25.3 Å². The highest BCUT2D eigenvalue weighted by molar-refractivity contribution is 5.96. The average Bonchev–Trinajstić information content (AvgIpc) is 3.18. The highest BCUT2D eigenvalue weighted by Gasteiger charge is 2.38. The quantitative estimate of drug-likeness (QED) is 0.824. The lowest BCUT2D eigenvalue weighted by Crippen LogP contribution is -2.50. The highest BCUT2D eigenvalue weighted by Crippen LogP contribution is 2.31. The number of rotatable bonds is 2. The molecule has 0 aliphatic carbocycles. The number of amides is 1. The minimum absolute atomic E-state index is 0.0378. The molecule has 0 bridgehead atoms. The second-order valence-corrected chi connectivity index (χ2v) is 6.49. The molecule has 1 saturated heterocycles. The minimum atomic E-state index is 0.0378. The van der Waals surface area contributed by atoms with Crippen molar-refractivity contribution in [3.8, 4) is 0 Å². The second kappa shape index (κ2) is 5.70. The Morgan fingerprint density at radius 3 is 3.00 bits per heavy atom. The van der Waals surface area contributed by atoms with E-state index in [4.69, 9.17) is 4.74 Å². The molecule has 1 amide bonds. The van der Waals surface area contributed by atoms with Crippen LogP contribution in [0.2, 0.25) is 0 Å². The maximum atomic E-state index is 13.1. The molecular weight excluding hydrogens is 308 g/mol. The lowest BCUT2D eigenvalue weighted by Gasteiger charge is -2.41. The van der Waals surface area contributed by atoms with Crippen LogP contribution in [-0.4, -0.2) is 54.8 Å². The van der Waals surface area contributed by atoms with Crippen LogP contribution in [0.25, 0.3) is 0 Å². The van der Waals surface area contributed by atoms with Crippen LogP contribution in [0.15, 0.2) is 6.20 Å². The summed E-state index contributed by atoms with van der Waals surface area (Å²) < 4.78 is 9.72. The predicted molar refractivity (Wildman–Crippen MR) is 85.5 cm³/mol. The highest BCUT2D eigenvalue weighted by atomic mass is 16.5. The molecule has 0 spiro atoms. The van der Waals surface area contributed by atoms with Crippen molar-refractivity contribution in [2.45, 2.75) is 52.5 Å². The molecule has 4 rings (SSSR count). The van der Waals surface area contributed by atoms with E-state index in [0.717, 1.165) is 35.6 Å². The van der Waals surface area contributed by atoms with Crippen molar-refractivity contribution in [2.24, 2.45) is 0 Å². The molecule has 8 nitrogen and oxygen atoms in total. The van der Waals surface area contributed by atoms with Crippen molar-refractivity contribution in [3.63, 3.8) is 0 Å². The number of aromatic nitrogens is 5. The maximum Gasteiger partial charge on any atom is 0.257 e. The van der Waals surface area contributed by atoms with Crippen LogP contribution >= 0.6 is 0 Å². The van der Waals surface area contributed by atoms with Gasteiger partial charge in [-0.3, -0.25) is 9.48 Å². The first-order valence-corrected chi connectivity index (χ1v) is 8.44. The number of carbonyl (C=O) groups excluding carboxylic acids is 1. The van der Waals surface area contributed by atoms with Gasteiger partial charge in [-0.2, -0.15) is 5.10 Å².